The van der Waals surface area contributed by atoms with Gasteiger partial charge < -0.3 is 10.4 Å². The minimum absolute atomic E-state index is 0.199. The van der Waals surface area contributed by atoms with Gasteiger partial charge in [-0.15, -0.1) is 0 Å². The lowest BCUT2D eigenvalue weighted by atomic mass is 9.78. The van der Waals surface area contributed by atoms with E-state index < -0.39 is 0 Å². The van der Waals surface area contributed by atoms with Crippen LogP contribution in [0.2, 0.25) is 0 Å². The molecule has 1 rings (SSSR count). The van der Waals surface area contributed by atoms with Crippen molar-refractivity contribution in [2.24, 2.45) is 17.8 Å². The van der Waals surface area contributed by atoms with Gasteiger partial charge in [0.2, 0.25) is 0 Å². The summed E-state index contributed by atoms with van der Waals surface area (Å²) in [5, 5.41) is 13.4. The van der Waals surface area contributed by atoms with Crippen LogP contribution in [0.15, 0.2) is 0 Å². The summed E-state index contributed by atoms with van der Waals surface area (Å²) in [5.74, 6) is 1.91. The standard InChI is InChI=1S/C14H29NO/c1-10(2)12-7-5-6-8-13(12)15-9-14(16)11(3)4/h10-16H,5-9H2,1-4H3. The quantitative estimate of drug-likeness (QED) is 0.757. The first-order chi connectivity index (χ1) is 7.52. The molecule has 0 aromatic rings. The van der Waals surface area contributed by atoms with E-state index in [0.29, 0.717) is 12.0 Å². The predicted molar refractivity (Wildman–Crippen MR) is 69.4 cm³/mol. The number of aliphatic hydroxyl groups excluding tert-OH is 1. The maximum absolute atomic E-state index is 9.82. The summed E-state index contributed by atoms with van der Waals surface area (Å²) in [6, 6.07) is 0.627. The number of rotatable bonds is 5. The molecule has 1 saturated carbocycles. The number of hydrogen-bond donors (Lipinski definition) is 2. The van der Waals surface area contributed by atoms with Crippen LogP contribution in [0.4, 0.5) is 0 Å². The van der Waals surface area contributed by atoms with Crippen LogP contribution in [0, 0.1) is 17.8 Å². The summed E-state index contributed by atoms with van der Waals surface area (Å²) < 4.78 is 0. The van der Waals surface area contributed by atoms with Gasteiger partial charge in [-0.05, 0) is 30.6 Å². The summed E-state index contributed by atoms with van der Waals surface area (Å²) >= 11 is 0. The smallest absolute Gasteiger partial charge is 0.0687 e. The van der Waals surface area contributed by atoms with Crippen LogP contribution in [0.25, 0.3) is 0 Å². The average molecular weight is 227 g/mol. The SMILES string of the molecule is CC(C)C(O)CNC1CCCCC1C(C)C. The number of aliphatic hydroxyl groups is 1. The first-order valence-electron chi connectivity index (χ1n) is 6.93. The Hall–Kier alpha value is -0.0800. The second-order valence-corrected chi connectivity index (χ2v) is 6.02. The lowest BCUT2D eigenvalue weighted by Gasteiger charge is -2.35. The predicted octanol–water partition coefficient (Wildman–Crippen LogP) is 2.81. The molecule has 1 aliphatic carbocycles. The van der Waals surface area contributed by atoms with Crippen molar-refractivity contribution in [2.45, 2.75) is 65.5 Å². The zero-order valence-corrected chi connectivity index (χ0v) is 11.4. The Balaban J connectivity index is 2.38. The van der Waals surface area contributed by atoms with Crippen molar-refractivity contribution >= 4 is 0 Å². The van der Waals surface area contributed by atoms with Gasteiger partial charge in [0.25, 0.3) is 0 Å². The summed E-state index contributed by atoms with van der Waals surface area (Å²) in [5.41, 5.74) is 0. The van der Waals surface area contributed by atoms with Crippen molar-refractivity contribution in [1.29, 1.82) is 0 Å². The van der Waals surface area contributed by atoms with Gasteiger partial charge in [-0.2, -0.15) is 0 Å². The molecule has 0 aliphatic heterocycles. The van der Waals surface area contributed by atoms with Gasteiger partial charge in [0.15, 0.2) is 0 Å². The molecular formula is C14H29NO. The van der Waals surface area contributed by atoms with Crippen LogP contribution in [0.3, 0.4) is 0 Å². The lowest BCUT2D eigenvalue weighted by molar-refractivity contribution is 0.107. The number of hydrogen-bond acceptors (Lipinski definition) is 2. The minimum Gasteiger partial charge on any atom is -0.392 e. The van der Waals surface area contributed by atoms with Gasteiger partial charge in [0.1, 0.15) is 0 Å². The van der Waals surface area contributed by atoms with E-state index in [1.807, 2.05) is 0 Å². The van der Waals surface area contributed by atoms with E-state index in [4.69, 9.17) is 0 Å². The first-order valence-corrected chi connectivity index (χ1v) is 6.93. The largest absolute Gasteiger partial charge is 0.392 e. The summed E-state index contributed by atoms with van der Waals surface area (Å²) in [4.78, 5) is 0. The topological polar surface area (TPSA) is 32.3 Å². The molecule has 0 aromatic heterocycles. The number of nitrogens with one attached hydrogen (secondary N) is 1. The van der Waals surface area contributed by atoms with Gasteiger partial charge in [-0.25, -0.2) is 0 Å². The molecule has 1 fully saturated rings. The van der Waals surface area contributed by atoms with Gasteiger partial charge >= 0.3 is 0 Å². The summed E-state index contributed by atoms with van der Waals surface area (Å²) in [6.45, 7) is 9.55. The van der Waals surface area contributed by atoms with Crippen LogP contribution in [0.5, 0.6) is 0 Å². The van der Waals surface area contributed by atoms with Crippen molar-refractivity contribution in [1.82, 2.24) is 5.32 Å². The van der Waals surface area contributed by atoms with Gasteiger partial charge in [-0.1, -0.05) is 40.5 Å². The van der Waals surface area contributed by atoms with Gasteiger partial charge in [0.05, 0.1) is 6.10 Å². The molecule has 16 heavy (non-hydrogen) atoms. The van der Waals surface area contributed by atoms with Crippen LogP contribution in [-0.4, -0.2) is 23.8 Å². The summed E-state index contributed by atoms with van der Waals surface area (Å²) in [7, 11) is 0. The average Bonchev–Trinajstić information content (AvgIpc) is 2.25. The molecule has 3 atom stereocenters. The highest BCUT2D eigenvalue weighted by atomic mass is 16.3. The van der Waals surface area contributed by atoms with Crippen LogP contribution < -0.4 is 5.32 Å². The molecule has 0 radical (unpaired) electrons. The van der Waals surface area contributed by atoms with Crippen LogP contribution in [-0.2, 0) is 0 Å². The Kier molecular flexibility index (Phi) is 5.77. The normalized spacial score (nSPS) is 28.7. The van der Waals surface area contributed by atoms with Gasteiger partial charge in [-0.3, -0.25) is 0 Å². The second-order valence-electron chi connectivity index (χ2n) is 6.02. The van der Waals surface area contributed by atoms with E-state index in [1.165, 1.54) is 25.7 Å². The third-order valence-electron chi connectivity index (χ3n) is 4.03. The minimum atomic E-state index is -0.199. The fraction of sp³-hybridized carbons (Fsp3) is 1.00. The van der Waals surface area contributed by atoms with Crippen LogP contribution >= 0.6 is 0 Å². The van der Waals surface area contributed by atoms with E-state index in [-0.39, 0.29) is 6.10 Å². The van der Waals surface area contributed by atoms with Crippen molar-refractivity contribution in [2.75, 3.05) is 6.54 Å². The zero-order valence-electron chi connectivity index (χ0n) is 11.4. The molecule has 2 N–H and O–H groups in total. The van der Waals surface area contributed by atoms with Gasteiger partial charge in [0, 0.05) is 12.6 Å². The zero-order chi connectivity index (χ0) is 12.1. The van der Waals surface area contributed by atoms with E-state index in [0.717, 1.165) is 18.4 Å². The highest BCUT2D eigenvalue weighted by Crippen LogP contribution is 2.30. The molecular weight excluding hydrogens is 198 g/mol. The Labute approximate surface area is 101 Å². The summed E-state index contributed by atoms with van der Waals surface area (Å²) in [6.07, 6.45) is 5.17. The molecule has 0 saturated heterocycles. The fourth-order valence-corrected chi connectivity index (χ4v) is 2.72. The molecule has 1 aliphatic rings. The van der Waals surface area contributed by atoms with Crippen molar-refractivity contribution in [3.63, 3.8) is 0 Å². The monoisotopic (exact) mass is 227 g/mol. The van der Waals surface area contributed by atoms with E-state index >= 15 is 0 Å². The molecule has 0 aromatic carbocycles. The highest BCUT2D eigenvalue weighted by molar-refractivity contribution is 4.83. The van der Waals surface area contributed by atoms with E-state index in [2.05, 4.69) is 33.0 Å². The molecule has 0 spiro atoms. The Morgan fingerprint density at radius 2 is 1.75 bits per heavy atom. The molecule has 2 heteroatoms. The van der Waals surface area contributed by atoms with Crippen molar-refractivity contribution in [3.05, 3.63) is 0 Å². The van der Waals surface area contributed by atoms with Crippen molar-refractivity contribution in [3.8, 4) is 0 Å². The highest BCUT2D eigenvalue weighted by Gasteiger charge is 2.27. The third-order valence-corrected chi connectivity index (χ3v) is 4.03. The third kappa shape index (κ3) is 4.06. The Morgan fingerprint density at radius 3 is 2.31 bits per heavy atom. The lowest BCUT2D eigenvalue weighted by Crippen LogP contribution is -2.44. The van der Waals surface area contributed by atoms with E-state index in [1.54, 1.807) is 0 Å². The Bertz CT molecular complexity index is 191. The maximum atomic E-state index is 9.82. The van der Waals surface area contributed by atoms with Crippen molar-refractivity contribution < 1.29 is 5.11 Å². The fourth-order valence-electron chi connectivity index (χ4n) is 2.72. The Morgan fingerprint density at radius 1 is 1.12 bits per heavy atom. The first kappa shape index (κ1) is 14.0. The van der Waals surface area contributed by atoms with Crippen LogP contribution in [0.1, 0.15) is 53.4 Å². The molecule has 0 amide bonds. The molecule has 0 heterocycles. The molecule has 3 unspecified atom stereocenters. The maximum Gasteiger partial charge on any atom is 0.0687 e. The molecule has 96 valence electrons. The van der Waals surface area contributed by atoms with E-state index in [9.17, 15) is 5.11 Å². The molecule has 0 bridgehead atoms. The second kappa shape index (κ2) is 6.61. The molecule has 2 nitrogen and oxygen atoms in total.